The molecule has 3 aromatic heterocycles. The molecule has 506 valence electrons. The largest absolute Gasteiger partial charge is 0.309 e. The molecular formula is C98H84N6. The molecule has 6 heteroatoms. The van der Waals surface area contributed by atoms with E-state index in [0.717, 1.165) is 138 Å². The maximum absolute atomic E-state index is 7.96. The molecule has 0 N–H and O–H groups in total. The van der Waals surface area contributed by atoms with E-state index in [4.69, 9.17) is 21.5 Å². The number of fused-ring (bicyclic) bond motifs is 6. The van der Waals surface area contributed by atoms with Crippen LogP contribution in [-0.2, 0) is 21.7 Å². The van der Waals surface area contributed by atoms with Gasteiger partial charge in [0, 0.05) is 49.4 Å². The molecule has 0 atom stereocenters. The van der Waals surface area contributed by atoms with Crippen LogP contribution in [-0.4, -0.2) is 24.1 Å². The molecule has 0 unspecified atom stereocenters. The lowest BCUT2D eigenvalue weighted by Crippen LogP contribution is -2.17. The monoisotopic (exact) mass is 1340 g/mol. The molecule has 104 heavy (non-hydrogen) atoms. The minimum atomic E-state index is -0.166. The average molecular weight is 1350 g/mol. The molecule has 0 bridgehead atoms. The normalized spacial score (nSPS) is 12.2. The molecule has 16 aromatic rings. The van der Waals surface area contributed by atoms with Gasteiger partial charge in [-0.15, -0.1) is 0 Å². The van der Waals surface area contributed by atoms with Gasteiger partial charge in [0.2, 0.25) is 0 Å². The maximum Gasteiger partial charge on any atom is 0.187 e. The Kier molecular flexibility index (Phi) is 16.5. The summed E-state index contributed by atoms with van der Waals surface area (Å²) in [7, 11) is 0. The van der Waals surface area contributed by atoms with E-state index in [9.17, 15) is 0 Å². The van der Waals surface area contributed by atoms with Gasteiger partial charge in [0.15, 0.2) is 23.2 Å². The van der Waals surface area contributed by atoms with E-state index in [1.54, 1.807) is 0 Å². The van der Waals surface area contributed by atoms with Crippen LogP contribution in [0.1, 0.15) is 105 Å². The van der Waals surface area contributed by atoms with Gasteiger partial charge in [-0.25, -0.2) is 19.8 Å². The second kappa shape index (κ2) is 25.8. The Balaban J connectivity index is 1.04. The van der Waals surface area contributed by atoms with Crippen molar-refractivity contribution in [2.24, 2.45) is 0 Å². The fourth-order valence-electron chi connectivity index (χ4n) is 14.8. The van der Waals surface area contributed by atoms with Crippen molar-refractivity contribution in [3.05, 3.63) is 325 Å². The number of hydrogen-bond donors (Lipinski definition) is 0. The van der Waals surface area contributed by atoms with Crippen LogP contribution < -0.4 is 0 Å². The molecule has 0 saturated carbocycles. The Hall–Kier alpha value is -12.0. The van der Waals surface area contributed by atoms with Gasteiger partial charge in [0.1, 0.15) is 0 Å². The van der Waals surface area contributed by atoms with Crippen LogP contribution in [0.25, 0.3) is 161 Å². The van der Waals surface area contributed by atoms with Crippen molar-refractivity contribution < 1.29 is 0 Å². The molecule has 0 aliphatic carbocycles. The van der Waals surface area contributed by atoms with Gasteiger partial charge < -0.3 is 9.13 Å². The van der Waals surface area contributed by atoms with Gasteiger partial charge in [-0.2, -0.15) is 0 Å². The first-order valence-corrected chi connectivity index (χ1v) is 36.2. The zero-order valence-electron chi connectivity index (χ0n) is 61.4. The fourth-order valence-corrected chi connectivity index (χ4v) is 14.8. The smallest absolute Gasteiger partial charge is 0.187 e. The van der Waals surface area contributed by atoms with Crippen molar-refractivity contribution in [2.45, 2.75) is 105 Å². The van der Waals surface area contributed by atoms with Gasteiger partial charge in [-0.1, -0.05) is 277 Å². The van der Waals surface area contributed by atoms with E-state index < -0.39 is 0 Å². The van der Waals surface area contributed by atoms with Gasteiger partial charge in [-0.3, -0.25) is 0 Å². The lowest BCUT2D eigenvalue weighted by atomic mass is 9.79. The lowest BCUT2D eigenvalue weighted by molar-refractivity contribution is 0.568. The Morgan fingerprint density at radius 3 is 0.865 bits per heavy atom. The molecular weight excluding hydrogens is 1260 g/mol. The molecule has 6 nitrogen and oxygen atoms in total. The van der Waals surface area contributed by atoms with E-state index >= 15 is 0 Å². The van der Waals surface area contributed by atoms with Crippen LogP contribution in [0, 0.1) is 6.57 Å². The number of aromatic nitrogens is 5. The number of rotatable bonds is 11. The third-order valence-corrected chi connectivity index (χ3v) is 20.8. The summed E-state index contributed by atoms with van der Waals surface area (Å²) in [5.74, 6) is 1.79. The van der Waals surface area contributed by atoms with Gasteiger partial charge >= 0.3 is 0 Å². The van der Waals surface area contributed by atoms with Crippen LogP contribution in [0.5, 0.6) is 0 Å². The molecule has 0 amide bonds. The van der Waals surface area contributed by atoms with Crippen LogP contribution in [0.3, 0.4) is 0 Å². The average Bonchev–Trinajstić information content (AvgIpc) is 1.53. The Labute approximate surface area is 611 Å². The van der Waals surface area contributed by atoms with E-state index in [-0.39, 0.29) is 21.7 Å². The molecule has 0 radical (unpaired) electrons. The first-order chi connectivity index (χ1) is 50.0. The van der Waals surface area contributed by atoms with E-state index in [1.165, 1.54) is 22.3 Å². The summed E-state index contributed by atoms with van der Waals surface area (Å²) in [4.78, 5) is 20.9. The zero-order chi connectivity index (χ0) is 72.0. The Bertz CT molecular complexity index is 5690. The minimum Gasteiger partial charge on any atom is -0.309 e. The predicted octanol–water partition coefficient (Wildman–Crippen LogP) is 26.8. The van der Waals surface area contributed by atoms with Gasteiger partial charge in [-0.05, 0) is 197 Å². The van der Waals surface area contributed by atoms with Gasteiger partial charge in [0.05, 0.1) is 40.0 Å². The van der Waals surface area contributed by atoms with E-state index in [0.29, 0.717) is 23.2 Å². The summed E-state index contributed by atoms with van der Waals surface area (Å²) in [6.07, 6.45) is 0. The first kappa shape index (κ1) is 66.5. The molecule has 0 fully saturated rings. The topological polar surface area (TPSA) is 52.9 Å². The number of hydrogen-bond acceptors (Lipinski definition) is 3. The highest BCUT2D eigenvalue weighted by Gasteiger charge is 2.29. The summed E-state index contributed by atoms with van der Waals surface area (Å²) >= 11 is 0. The molecule has 0 aliphatic heterocycles. The van der Waals surface area contributed by atoms with Crippen LogP contribution in [0.15, 0.2) is 291 Å². The second-order valence-electron chi connectivity index (χ2n) is 32.1. The van der Waals surface area contributed by atoms with Crippen molar-refractivity contribution in [1.82, 2.24) is 24.1 Å². The van der Waals surface area contributed by atoms with Crippen molar-refractivity contribution in [3.8, 4) is 112 Å². The van der Waals surface area contributed by atoms with Crippen LogP contribution in [0.4, 0.5) is 5.69 Å². The molecule has 0 spiro atoms. The number of benzene rings is 13. The predicted molar refractivity (Wildman–Crippen MR) is 438 cm³/mol. The molecule has 0 saturated heterocycles. The SMILES string of the molecule is [C-]#[N+]c1ccc(-c2ccc(-c3cc(-c4nc(-c5cc(C(C)(C)C)cc(C(C)(C)C)c5)nc(-c5cc(C(C)(C)C)cc(C(C)(C)C)c5)n4)ccc3-n3c4ccc(-c5ccccc5)cc4c4cc(-c5ccccc5)ccc43)c(-n3c4ccc(-c5ccccc5)cc4c4cc(-c5ccccc5)ccc43)c2)cc1. The van der Waals surface area contributed by atoms with Crippen molar-refractivity contribution >= 4 is 49.3 Å². The first-order valence-electron chi connectivity index (χ1n) is 36.2. The fraction of sp³-hybridized carbons (Fsp3) is 0.163. The van der Waals surface area contributed by atoms with Crippen molar-refractivity contribution in [2.75, 3.05) is 0 Å². The highest BCUT2D eigenvalue weighted by atomic mass is 15.0. The maximum atomic E-state index is 7.96. The molecule has 13 aromatic carbocycles. The highest BCUT2D eigenvalue weighted by molar-refractivity contribution is 6.14. The van der Waals surface area contributed by atoms with E-state index in [2.05, 4.69) is 376 Å². The van der Waals surface area contributed by atoms with Crippen LogP contribution in [0.2, 0.25) is 0 Å². The molecule has 16 rings (SSSR count). The second-order valence-corrected chi connectivity index (χ2v) is 32.1. The Morgan fingerprint density at radius 1 is 0.240 bits per heavy atom. The standard InChI is InChI=1S/C98H84N6/c1-95(2,3)75-50-73(51-76(60-75)96(4,5)6)93-100-92(101-94(102-93)74-52-77(97(7,8)9)61-78(53-74)98(10,11)12)72-41-49-86(103-87-45-37-67(62-26-18-14-19-27-62)54-82(87)83-55-68(38-46-88(83)103)63-28-20-15-21-29-63)81(58-72)80-44-36-71(66-34-42-79(99-13)43-35-66)59-91(80)104-89-47-39-69(64-30-22-16-23-31-64)56-84(89)85-57-70(40-48-90(85)104)65-32-24-17-25-33-65/h14-61H,1-12H3. The minimum absolute atomic E-state index is 0.166. The summed E-state index contributed by atoms with van der Waals surface area (Å²) in [5.41, 5.74) is 26.9. The summed E-state index contributed by atoms with van der Waals surface area (Å²) in [5, 5.41) is 4.56. The number of nitrogens with zero attached hydrogens (tertiary/aromatic N) is 6. The van der Waals surface area contributed by atoms with Gasteiger partial charge in [0.25, 0.3) is 0 Å². The van der Waals surface area contributed by atoms with E-state index in [1.807, 2.05) is 12.1 Å². The quantitative estimate of drug-likeness (QED) is 0.121. The highest BCUT2D eigenvalue weighted by Crippen LogP contribution is 2.47. The third kappa shape index (κ3) is 12.6. The van der Waals surface area contributed by atoms with Crippen molar-refractivity contribution in [3.63, 3.8) is 0 Å². The summed E-state index contributed by atoms with van der Waals surface area (Å²) in [6.45, 7) is 35.4. The molecule has 3 heterocycles. The summed E-state index contributed by atoms with van der Waals surface area (Å²) in [6, 6.07) is 106. The third-order valence-electron chi connectivity index (χ3n) is 20.8. The van der Waals surface area contributed by atoms with Crippen LogP contribution >= 0.6 is 0 Å². The molecule has 0 aliphatic rings. The Morgan fingerprint density at radius 2 is 0.529 bits per heavy atom. The lowest BCUT2D eigenvalue weighted by Gasteiger charge is -2.26. The zero-order valence-corrected chi connectivity index (χ0v) is 61.4. The summed E-state index contributed by atoms with van der Waals surface area (Å²) < 4.78 is 4.98. The van der Waals surface area contributed by atoms with Crippen molar-refractivity contribution in [1.29, 1.82) is 0 Å².